The van der Waals surface area contributed by atoms with Crippen molar-refractivity contribution in [3.05, 3.63) is 33.7 Å². The molecule has 1 amide bonds. The number of piperidine rings is 1. The summed E-state index contributed by atoms with van der Waals surface area (Å²) in [6.45, 7) is 11.1. The monoisotopic (exact) mass is 488 g/mol. The van der Waals surface area contributed by atoms with Gasteiger partial charge in [0.05, 0.1) is 12.2 Å². The van der Waals surface area contributed by atoms with Gasteiger partial charge in [-0.25, -0.2) is 9.59 Å². The molecule has 192 valence electrons. The molecule has 1 aromatic rings. The van der Waals surface area contributed by atoms with E-state index in [4.69, 9.17) is 9.47 Å². The predicted molar refractivity (Wildman–Crippen MR) is 121 cm³/mol. The van der Waals surface area contributed by atoms with Gasteiger partial charge in [-0.2, -0.15) is 13.2 Å². The first-order valence-corrected chi connectivity index (χ1v) is 11.6. The molecule has 0 radical (unpaired) electrons. The average Bonchev–Trinajstić information content (AvgIpc) is 2.70. The summed E-state index contributed by atoms with van der Waals surface area (Å²) in [7, 11) is 0. The summed E-state index contributed by atoms with van der Waals surface area (Å²) in [6, 6.07) is -0.447. The molecule has 2 heterocycles. The zero-order chi connectivity index (χ0) is 25.8. The minimum Gasteiger partial charge on any atom is -0.464 e. The fraction of sp³-hybridized carbons (Fsp3) is 0.708. The number of pyridine rings is 1. The van der Waals surface area contributed by atoms with Gasteiger partial charge in [0, 0.05) is 25.4 Å². The van der Waals surface area contributed by atoms with Gasteiger partial charge < -0.3 is 18.9 Å². The zero-order valence-corrected chi connectivity index (χ0v) is 20.7. The van der Waals surface area contributed by atoms with Crippen LogP contribution in [0.15, 0.2) is 17.1 Å². The van der Waals surface area contributed by atoms with Gasteiger partial charge in [-0.3, -0.25) is 4.79 Å². The summed E-state index contributed by atoms with van der Waals surface area (Å²) >= 11 is 0. The first-order valence-electron chi connectivity index (χ1n) is 11.6. The number of halogens is 3. The number of rotatable bonds is 6. The Morgan fingerprint density at radius 1 is 1.15 bits per heavy atom. The quantitative estimate of drug-likeness (QED) is 0.519. The number of likely N-dealkylation sites (tertiary alicyclic amines) is 1. The van der Waals surface area contributed by atoms with Crippen LogP contribution in [-0.2, 0) is 20.4 Å². The third-order valence-electron chi connectivity index (χ3n) is 5.59. The van der Waals surface area contributed by atoms with E-state index in [0.717, 1.165) is 4.57 Å². The molecular formula is C24H35F3N2O5. The van der Waals surface area contributed by atoms with Crippen molar-refractivity contribution in [2.45, 2.75) is 84.5 Å². The van der Waals surface area contributed by atoms with E-state index in [0.29, 0.717) is 6.07 Å². The van der Waals surface area contributed by atoms with Crippen molar-refractivity contribution in [2.24, 2.45) is 5.92 Å². The van der Waals surface area contributed by atoms with Crippen LogP contribution < -0.4 is 5.56 Å². The van der Waals surface area contributed by atoms with Crippen molar-refractivity contribution in [3.63, 3.8) is 0 Å². The van der Waals surface area contributed by atoms with Gasteiger partial charge >= 0.3 is 18.2 Å². The molecule has 0 aromatic carbocycles. The van der Waals surface area contributed by atoms with Crippen LogP contribution in [0.5, 0.6) is 0 Å². The van der Waals surface area contributed by atoms with E-state index in [-0.39, 0.29) is 50.4 Å². The highest BCUT2D eigenvalue weighted by Gasteiger charge is 2.39. The van der Waals surface area contributed by atoms with E-state index < -0.39 is 46.9 Å². The molecule has 1 fully saturated rings. The van der Waals surface area contributed by atoms with E-state index in [1.54, 1.807) is 27.7 Å². The standard InChI is InChI=1S/C24H35F3N2O5/c1-7-33-21(31)19(12-15(2)3)29-14-17(18(13-20(29)30)24(25,26)27)16-8-10-28(11-9-16)22(32)34-23(4,5)6/h13-16,19H,7-12H2,1-6H3. The fourth-order valence-electron chi connectivity index (χ4n) is 4.09. The maximum absolute atomic E-state index is 13.9. The van der Waals surface area contributed by atoms with Gasteiger partial charge in [-0.15, -0.1) is 0 Å². The van der Waals surface area contributed by atoms with Crippen molar-refractivity contribution in [2.75, 3.05) is 19.7 Å². The maximum atomic E-state index is 13.9. The average molecular weight is 489 g/mol. The van der Waals surface area contributed by atoms with Crippen LogP contribution in [0.1, 0.15) is 83.9 Å². The van der Waals surface area contributed by atoms with Crippen molar-refractivity contribution in [1.29, 1.82) is 0 Å². The van der Waals surface area contributed by atoms with Crippen molar-refractivity contribution >= 4 is 12.1 Å². The number of hydrogen-bond donors (Lipinski definition) is 0. The van der Waals surface area contributed by atoms with Gasteiger partial charge in [0.2, 0.25) is 0 Å². The highest BCUT2D eigenvalue weighted by Crippen LogP contribution is 2.38. The van der Waals surface area contributed by atoms with Gasteiger partial charge in [-0.1, -0.05) is 13.8 Å². The molecule has 1 aliphatic rings. The minimum absolute atomic E-state index is 0.00381. The molecule has 1 aliphatic heterocycles. The number of hydrogen-bond acceptors (Lipinski definition) is 5. The molecule has 34 heavy (non-hydrogen) atoms. The molecular weight excluding hydrogens is 453 g/mol. The molecule has 0 saturated carbocycles. The lowest BCUT2D eigenvalue weighted by molar-refractivity contribution is -0.147. The summed E-state index contributed by atoms with van der Waals surface area (Å²) in [6.07, 6.45) is -3.27. The molecule has 1 saturated heterocycles. The Hall–Kier alpha value is -2.52. The van der Waals surface area contributed by atoms with Crippen LogP contribution in [0.3, 0.4) is 0 Å². The molecule has 0 bridgehead atoms. The SMILES string of the molecule is CCOC(=O)C(CC(C)C)n1cc(C2CCN(C(=O)OC(C)(C)C)CC2)c(C(F)(F)F)cc1=O. The van der Waals surface area contributed by atoms with Gasteiger partial charge in [0.1, 0.15) is 11.6 Å². The number of aromatic nitrogens is 1. The molecule has 0 spiro atoms. The van der Waals surface area contributed by atoms with Crippen molar-refractivity contribution in [1.82, 2.24) is 9.47 Å². The van der Waals surface area contributed by atoms with Crippen LogP contribution in [0.2, 0.25) is 0 Å². The largest absolute Gasteiger partial charge is 0.464 e. The van der Waals surface area contributed by atoms with Crippen LogP contribution in [0.4, 0.5) is 18.0 Å². The number of ether oxygens (including phenoxy) is 2. The summed E-state index contributed by atoms with van der Waals surface area (Å²) in [5.41, 5.74) is -2.63. The molecule has 10 heteroatoms. The first kappa shape index (κ1) is 27.7. The van der Waals surface area contributed by atoms with E-state index in [2.05, 4.69) is 0 Å². The topological polar surface area (TPSA) is 77.8 Å². The Labute approximate surface area is 198 Å². The second-order valence-corrected chi connectivity index (χ2v) is 10.0. The lowest BCUT2D eigenvalue weighted by Crippen LogP contribution is -2.41. The third-order valence-corrected chi connectivity index (χ3v) is 5.59. The lowest BCUT2D eigenvalue weighted by atomic mass is 9.87. The van der Waals surface area contributed by atoms with Gasteiger partial charge in [0.15, 0.2) is 0 Å². The fourth-order valence-corrected chi connectivity index (χ4v) is 4.09. The number of amides is 1. The molecule has 7 nitrogen and oxygen atoms in total. The van der Waals surface area contributed by atoms with E-state index in [1.807, 2.05) is 13.8 Å². The van der Waals surface area contributed by atoms with Crippen LogP contribution in [0.25, 0.3) is 0 Å². The van der Waals surface area contributed by atoms with Crippen LogP contribution >= 0.6 is 0 Å². The minimum atomic E-state index is -4.73. The molecule has 1 atom stereocenters. The van der Waals surface area contributed by atoms with Gasteiger partial charge in [-0.05, 0) is 64.4 Å². The second-order valence-electron chi connectivity index (χ2n) is 10.0. The highest BCUT2D eigenvalue weighted by atomic mass is 19.4. The third kappa shape index (κ3) is 7.24. The second kappa shape index (κ2) is 10.8. The number of alkyl halides is 3. The number of carbonyl (C=O) groups excluding carboxylic acids is 2. The Bertz CT molecular complexity index is 926. The van der Waals surface area contributed by atoms with Crippen LogP contribution in [-0.4, -0.2) is 46.8 Å². The summed E-state index contributed by atoms with van der Waals surface area (Å²) in [5, 5.41) is 0. The van der Waals surface area contributed by atoms with E-state index in [9.17, 15) is 27.6 Å². The molecule has 1 unspecified atom stereocenters. The van der Waals surface area contributed by atoms with Crippen molar-refractivity contribution in [3.8, 4) is 0 Å². The molecule has 0 aliphatic carbocycles. The Balaban J connectivity index is 2.42. The summed E-state index contributed by atoms with van der Waals surface area (Å²) in [5.74, 6) is -1.18. The van der Waals surface area contributed by atoms with E-state index >= 15 is 0 Å². The maximum Gasteiger partial charge on any atom is 0.416 e. The lowest BCUT2D eigenvalue weighted by Gasteiger charge is -2.34. The van der Waals surface area contributed by atoms with E-state index in [1.165, 1.54) is 11.1 Å². The Morgan fingerprint density at radius 2 is 1.74 bits per heavy atom. The van der Waals surface area contributed by atoms with Crippen LogP contribution in [0, 0.1) is 5.92 Å². The van der Waals surface area contributed by atoms with Crippen molar-refractivity contribution < 1.29 is 32.2 Å². The molecule has 2 rings (SSSR count). The number of carbonyl (C=O) groups is 2. The Morgan fingerprint density at radius 3 is 2.21 bits per heavy atom. The summed E-state index contributed by atoms with van der Waals surface area (Å²) < 4.78 is 53.1. The first-order chi connectivity index (χ1) is 15.6. The molecule has 1 aromatic heterocycles. The highest BCUT2D eigenvalue weighted by molar-refractivity contribution is 5.74. The summed E-state index contributed by atoms with van der Waals surface area (Å²) in [4.78, 5) is 39.1. The van der Waals surface area contributed by atoms with Gasteiger partial charge in [0.25, 0.3) is 5.56 Å². The normalized spacial score (nSPS) is 16.5. The number of esters is 1. The Kier molecular flexibility index (Phi) is 8.82. The number of nitrogens with zero attached hydrogens (tertiary/aromatic N) is 2. The zero-order valence-electron chi connectivity index (χ0n) is 20.7. The molecule has 0 N–H and O–H groups in total. The predicted octanol–water partition coefficient (Wildman–Crippen LogP) is 5.13. The smallest absolute Gasteiger partial charge is 0.416 e.